The van der Waals surface area contributed by atoms with Crippen LogP contribution in [0.4, 0.5) is 5.69 Å². The number of nitrogen functional groups attached to an aromatic ring is 1. The Morgan fingerprint density at radius 3 is 2.71 bits per heavy atom. The smallest absolute Gasteiger partial charge is 0.120 e. The van der Waals surface area contributed by atoms with E-state index in [0.717, 1.165) is 40.0 Å². The largest absolute Gasteiger partial charge is 0.494 e. The molecule has 1 aromatic carbocycles. The number of hydrogen-bond donors (Lipinski definition) is 1. The van der Waals surface area contributed by atoms with E-state index in [4.69, 9.17) is 10.5 Å². The Bertz CT molecular complexity index is 549. The van der Waals surface area contributed by atoms with E-state index >= 15 is 0 Å². The van der Waals surface area contributed by atoms with Crippen molar-refractivity contribution in [1.82, 2.24) is 4.98 Å². The van der Waals surface area contributed by atoms with Gasteiger partial charge in [-0.3, -0.25) is 4.98 Å². The first-order valence-corrected chi connectivity index (χ1v) is 5.98. The Hall–Kier alpha value is -1.77. The maximum Gasteiger partial charge on any atom is 0.120 e. The van der Waals surface area contributed by atoms with E-state index in [0.29, 0.717) is 6.61 Å². The van der Waals surface area contributed by atoms with Gasteiger partial charge < -0.3 is 10.5 Å². The SMILES string of the molecule is CCOc1ccc2nc(CC)c(C)c(N)c2c1. The summed E-state index contributed by atoms with van der Waals surface area (Å²) < 4.78 is 5.48. The number of fused-ring (bicyclic) bond motifs is 1. The zero-order valence-corrected chi connectivity index (χ0v) is 10.6. The van der Waals surface area contributed by atoms with Gasteiger partial charge in [-0.15, -0.1) is 0 Å². The van der Waals surface area contributed by atoms with Gasteiger partial charge >= 0.3 is 0 Å². The summed E-state index contributed by atoms with van der Waals surface area (Å²) in [5.74, 6) is 0.845. The van der Waals surface area contributed by atoms with Gasteiger partial charge in [0.05, 0.1) is 12.1 Å². The van der Waals surface area contributed by atoms with Gasteiger partial charge in [0.15, 0.2) is 0 Å². The summed E-state index contributed by atoms with van der Waals surface area (Å²) in [4.78, 5) is 4.62. The molecule has 0 aliphatic rings. The highest BCUT2D eigenvalue weighted by Gasteiger charge is 2.08. The molecule has 1 aromatic heterocycles. The molecule has 2 N–H and O–H groups in total. The maximum atomic E-state index is 6.16. The molecular formula is C14H18N2O. The summed E-state index contributed by atoms with van der Waals surface area (Å²) in [6, 6.07) is 5.87. The fourth-order valence-electron chi connectivity index (χ4n) is 2.02. The highest BCUT2D eigenvalue weighted by molar-refractivity contribution is 5.93. The van der Waals surface area contributed by atoms with Gasteiger partial charge in [-0.1, -0.05) is 6.92 Å². The van der Waals surface area contributed by atoms with Crippen molar-refractivity contribution in [1.29, 1.82) is 0 Å². The third-order valence-corrected chi connectivity index (χ3v) is 3.00. The van der Waals surface area contributed by atoms with E-state index in [9.17, 15) is 0 Å². The molecule has 2 rings (SSSR count). The second kappa shape index (κ2) is 4.62. The van der Waals surface area contributed by atoms with Gasteiger partial charge in [-0.05, 0) is 44.0 Å². The quantitative estimate of drug-likeness (QED) is 0.881. The molecule has 0 saturated heterocycles. The van der Waals surface area contributed by atoms with Gasteiger partial charge in [0, 0.05) is 16.8 Å². The Labute approximate surface area is 102 Å². The molecule has 0 atom stereocenters. The predicted octanol–water partition coefficient (Wildman–Crippen LogP) is 3.09. The molecule has 0 aliphatic carbocycles. The molecule has 1 heterocycles. The standard InChI is InChI=1S/C14H18N2O/c1-4-12-9(3)14(15)11-8-10(17-5-2)6-7-13(11)16-12/h6-8H,4-5H2,1-3H3,(H2,15,16). The van der Waals surface area contributed by atoms with E-state index in [1.165, 1.54) is 0 Å². The first kappa shape index (κ1) is 11.7. The van der Waals surface area contributed by atoms with E-state index in [-0.39, 0.29) is 0 Å². The Morgan fingerprint density at radius 2 is 2.06 bits per heavy atom. The van der Waals surface area contributed by atoms with Crippen LogP contribution in [-0.4, -0.2) is 11.6 Å². The van der Waals surface area contributed by atoms with E-state index in [2.05, 4.69) is 11.9 Å². The van der Waals surface area contributed by atoms with Crippen LogP contribution < -0.4 is 10.5 Å². The third-order valence-electron chi connectivity index (χ3n) is 3.00. The monoisotopic (exact) mass is 230 g/mol. The van der Waals surface area contributed by atoms with E-state index < -0.39 is 0 Å². The van der Waals surface area contributed by atoms with Gasteiger partial charge in [0.1, 0.15) is 5.75 Å². The fraction of sp³-hybridized carbons (Fsp3) is 0.357. The summed E-state index contributed by atoms with van der Waals surface area (Å²) in [7, 11) is 0. The highest BCUT2D eigenvalue weighted by atomic mass is 16.5. The molecule has 2 aromatic rings. The van der Waals surface area contributed by atoms with E-state index in [1.807, 2.05) is 32.0 Å². The molecule has 0 radical (unpaired) electrons. The van der Waals surface area contributed by atoms with Gasteiger partial charge in [-0.25, -0.2) is 0 Å². The first-order valence-electron chi connectivity index (χ1n) is 5.98. The van der Waals surface area contributed by atoms with Crippen molar-refractivity contribution in [2.75, 3.05) is 12.3 Å². The number of nitrogens with two attached hydrogens (primary N) is 1. The molecule has 3 nitrogen and oxygen atoms in total. The number of rotatable bonds is 3. The molecule has 0 saturated carbocycles. The van der Waals surface area contributed by atoms with Crippen LogP contribution in [0.25, 0.3) is 10.9 Å². The predicted molar refractivity (Wildman–Crippen MR) is 71.4 cm³/mol. The first-order chi connectivity index (χ1) is 8.17. The third kappa shape index (κ3) is 2.05. The minimum Gasteiger partial charge on any atom is -0.494 e. The lowest BCUT2D eigenvalue weighted by Crippen LogP contribution is -2.00. The summed E-state index contributed by atoms with van der Waals surface area (Å²) >= 11 is 0. The van der Waals surface area contributed by atoms with Gasteiger partial charge in [-0.2, -0.15) is 0 Å². The average Bonchev–Trinajstić information content (AvgIpc) is 2.34. The molecule has 0 aliphatic heterocycles. The van der Waals surface area contributed by atoms with Crippen molar-refractivity contribution >= 4 is 16.6 Å². The molecule has 0 amide bonds. The van der Waals surface area contributed by atoms with Gasteiger partial charge in [0.2, 0.25) is 0 Å². The minimum atomic E-state index is 0.658. The van der Waals surface area contributed by atoms with Crippen LogP contribution in [0.15, 0.2) is 18.2 Å². The van der Waals surface area contributed by atoms with Crippen molar-refractivity contribution in [3.05, 3.63) is 29.5 Å². The second-order valence-electron chi connectivity index (χ2n) is 4.06. The minimum absolute atomic E-state index is 0.658. The van der Waals surface area contributed by atoms with Crippen LogP contribution in [-0.2, 0) is 6.42 Å². The molecule has 0 unspecified atom stereocenters. The molecule has 17 heavy (non-hydrogen) atoms. The Kier molecular flexibility index (Phi) is 3.18. The van der Waals surface area contributed by atoms with Crippen molar-refractivity contribution in [3.8, 4) is 5.75 Å². The molecular weight excluding hydrogens is 212 g/mol. The number of benzene rings is 1. The number of nitrogens with zero attached hydrogens (tertiary/aromatic N) is 1. The summed E-state index contributed by atoms with van der Waals surface area (Å²) in [6.07, 6.45) is 0.902. The zero-order chi connectivity index (χ0) is 12.4. The molecule has 0 bridgehead atoms. The topological polar surface area (TPSA) is 48.1 Å². The number of ether oxygens (including phenoxy) is 1. The van der Waals surface area contributed by atoms with Gasteiger partial charge in [0.25, 0.3) is 0 Å². The highest BCUT2D eigenvalue weighted by Crippen LogP contribution is 2.28. The molecule has 90 valence electrons. The average molecular weight is 230 g/mol. The summed E-state index contributed by atoms with van der Waals surface area (Å²) in [5, 5.41) is 0.977. The van der Waals surface area contributed by atoms with Crippen molar-refractivity contribution in [2.45, 2.75) is 27.2 Å². The summed E-state index contributed by atoms with van der Waals surface area (Å²) in [6.45, 7) is 6.74. The van der Waals surface area contributed by atoms with Crippen LogP contribution in [0.5, 0.6) is 5.75 Å². The van der Waals surface area contributed by atoms with Crippen molar-refractivity contribution < 1.29 is 4.74 Å². The number of aromatic nitrogens is 1. The number of hydrogen-bond acceptors (Lipinski definition) is 3. The normalized spacial score (nSPS) is 10.8. The summed E-state index contributed by atoms with van der Waals surface area (Å²) in [5.41, 5.74) is 10.1. The molecule has 3 heteroatoms. The van der Waals surface area contributed by atoms with Crippen LogP contribution in [0.3, 0.4) is 0 Å². The van der Waals surface area contributed by atoms with Crippen LogP contribution >= 0.6 is 0 Å². The number of aryl methyl sites for hydroxylation is 1. The number of pyridine rings is 1. The zero-order valence-electron chi connectivity index (χ0n) is 10.6. The lowest BCUT2D eigenvalue weighted by Gasteiger charge is -2.11. The van der Waals surface area contributed by atoms with Crippen LogP contribution in [0.2, 0.25) is 0 Å². The fourth-order valence-corrected chi connectivity index (χ4v) is 2.02. The van der Waals surface area contributed by atoms with Crippen LogP contribution in [0.1, 0.15) is 25.1 Å². The lowest BCUT2D eigenvalue weighted by molar-refractivity contribution is 0.340. The van der Waals surface area contributed by atoms with Crippen molar-refractivity contribution in [3.63, 3.8) is 0 Å². The number of anilines is 1. The Balaban J connectivity index is 2.65. The molecule has 0 spiro atoms. The Morgan fingerprint density at radius 1 is 1.29 bits per heavy atom. The lowest BCUT2D eigenvalue weighted by atomic mass is 10.1. The molecule has 0 fully saturated rings. The van der Waals surface area contributed by atoms with Crippen molar-refractivity contribution in [2.24, 2.45) is 0 Å². The maximum absolute atomic E-state index is 6.16. The van der Waals surface area contributed by atoms with E-state index in [1.54, 1.807) is 0 Å². The second-order valence-corrected chi connectivity index (χ2v) is 4.06. The van der Waals surface area contributed by atoms with Crippen LogP contribution in [0, 0.1) is 6.92 Å².